The van der Waals surface area contributed by atoms with E-state index in [1.54, 1.807) is 11.0 Å². The van der Waals surface area contributed by atoms with Crippen molar-refractivity contribution in [3.05, 3.63) is 24.1 Å². The number of aromatic nitrogens is 2. The van der Waals surface area contributed by atoms with Crippen molar-refractivity contribution < 1.29 is 4.79 Å². The monoisotopic (exact) mass is 281 g/mol. The number of halogens is 1. The summed E-state index contributed by atoms with van der Waals surface area (Å²) in [5.41, 5.74) is 5.96. The van der Waals surface area contributed by atoms with E-state index in [1.165, 1.54) is 6.33 Å². The van der Waals surface area contributed by atoms with Gasteiger partial charge in [-0.05, 0) is 12.8 Å². The smallest absolute Gasteiger partial charge is 0.242 e. The fourth-order valence-electron chi connectivity index (χ4n) is 1.76. The molecule has 3 N–H and O–H groups in total. The standard InChI is InChI=1S/C12H16ClN5O/c1-2-5-18(8-3-4-8)9(19)6-15-12-10(14)11(13)16-7-17-12/h2,7-8H,1,3-6,14H2,(H,15,16,17). The second-order valence-corrected chi connectivity index (χ2v) is 4.70. The van der Waals surface area contributed by atoms with E-state index in [4.69, 9.17) is 17.3 Å². The fraction of sp³-hybridized carbons (Fsp3) is 0.417. The zero-order valence-corrected chi connectivity index (χ0v) is 11.2. The summed E-state index contributed by atoms with van der Waals surface area (Å²) < 4.78 is 0. The van der Waals surface area contributed by atoms with Crippen molar-refractivity contribution in [1.82, 2.24) is 14.9 Å². The largest absolute Gasteiger partial charge is 0.393 e. The first-order chi connectivity index (χ1) is 9.13. The summed E-state index contributed by atoms with van der Waals surface area (Å²) in [7, 11) is 0. The van der Waals surface area contributed by atoms with Crippen LogP contribution in [0.2, 0.25) is 5.15 Å². The van der Waals surface area contributed by atoms with Crippen molar-refractivity contribution in [3.63, 3.8) is 0 Å². The lowest BCUT2D eigenvalue weighted by Crippen LogP contribution is -2.37. The molecule has 0 aromatic carbocycles. The number of hydrogen-bond acceptors (Lipinski definition) is 5. The van der Waals surface area contributed by atoms with E-state index in [0.717, 1.165) is 12.8 Å². The number of rotatable bonds is 6. The minimum atomic E-state index is -0.00321. The highest BCUT2D eigenvalue weighted by atomic mass is 35.5. The summed E-state index contributed by atoms with van der Waals surface area (Å²) in [6, 6.07) is 0.346. The molecule has 0 bridgehead atoms. The molecule has 0 aliphatic heterocycles. The highest BCUT2D eigenvalue weighted by Gasteiger charge is 2.31. The molecule has 0 unspecified atom stereocenters. The lowest BCUT2D eigenvalue weighted by atomic mass is 10.4. The van der Waals surface area contributed by atoms with E-state index in [2.05, 4.69) is 21.9 Å². The molecule has 1 amide bonds. The van der Waals surface area contributed by atoms with Crippen LogP contribution in [0.5, 0.6) is 0 Å². The van der Waals surface area contributed by atoms with Crippen LogP contribution in [-0.4, -0.2) is 39.9 Å². The highest BCUT2D eigenvalue weighted by Crippen LogP contribution is 2.27. The average Bonchev–Trinajstić information content (AvgIpc) is 3.21. The zero-order chi connectivity index (χ0) is 13.8. The van der Waals surface area contributed by atoms with Crippen LogP contribution in [0.15, 0.2) is 19.0 Å². The molecular formula is C12H16ClN5O. The molecular weight excluding hydrogens is 266 g/mol. The minimum absolute atomic E-state index is 0.00321. The topological polar surface area (TPSA) is 84.1 Å². The Morgan fingerprint density at radius 3 is 3.00 bits per heavy atom. The van der Waals surface area contributed by atoms with Crippen LogP contribution in [0.3, 0.4) is 0 Å². The quantitative estimate of drug-likeness (QED) is 0.606. The SMILES string of the molecule is C=CCN(C(=O)CNc1ncnc(Cl)c1N)C1CC1. The van der Waals surface area contributed by atoms with Gasteiger partial charge in [-0.2, -0.15) is 0 Å². The van der Waals surface area contributed by atoms with Crippen LogP contribution in [0.4, 0.5) is 11.5 Å². The van der Waals surface area contributed by atoms with Crippen LogP contribution in [-0.2, 0) is 4.79 Å². The summed E-state index contributed by atoms with van der Waals surface area (Å²) in [5, 5.41) is 3.07. The fourth-order valence-corrected chi connectivity index (χ4v) is 1.89. The van der Waals surface area contributed by atoms with Crippen molar-refractivity contribution in [1.29, 1.82) is 0 Å². The third-order valence-corrected chi connectivity index (χ3v) is 3.18. The summed E-state index contributed by atoms with van der Waals surface area (Å²) in [5.74, 6) is 0.374. The molecule has 1 aromatic heterocycles. The molecule has 1 saturated carbocycles. The predicted molar refractivity (Wildman–Crippen MR) is 74.9 cm³/mol. The lowest BCUT2D eigenvalue weighted by molar-refractivity contribution is -0.129. The molecule has 0 radical (unpaired) electrons. The van der Waals surface area contributed by atoms with E-state index in [9.17, 15) is 4.79 Å². The van der Waals surface area contributed by atoms with E-state index in [1.807, 2.05) is 0 Å². The molecule has 0 atom stereocenters. The molecule has 1 heterocycles. The van der Waals surface area contributed by atoms with Gasteiger partial charge in [0.2, 0.25) is 5.91 Å². The number of amides is 1. The van der Waals surface area contributed by atoms with Crippen molar-refractivity contribution in [2.45, 2.75) is 18.9 Å². The maximum absolute atomic E-state index is 12.1. The lowest BCUT2D eigenvalue weighted by Gasteiger charge is -2.21. The van der Waals surface area contributed by atoms with Gasteiger partial charge in [0.15, 0.2) is 11.0 Å². The van der Waals surface area contributed by atoms with Gasteiger partial charge in [0.25, 0.3) is 0 Å². The summed E-state index contributed by atoms with van der Waals surface area (Å²) in [4.78, 5) is 21.6. The second-order valence-electron chi connectivity index (χ2n) is 4.35. The van der Waals surface area contributed by atoms with Gasteiger partial charge in [0.05, 0.1) is 6.54 Å². The van der Waals surface area contributed by atoms with Crippen LogP contribution in [0.25, 0.3) is 0 Å². The molecule has 1 aliphatic carbocycles. The number of nitrogen functional groups attached to an aromatic ring is 1. The molecule has 1 fully saturated rings. The molecule has 6 nitrogen and oxygen atoms in total. The zero-order valence-electron chi connectivity index (χ0n) is 10.5. The molecule has 7 heteroatoms. The van der Waals surface area contributed by atoms with E-state index in [0.29, 0.717) is 18.4 Å². The van der Waals surface area contributed by atoms with Crippen molar-refractivity contribution in [3.8, 4) is 0 Å². The number of hydrogen-bond donors (Lipinski definition) is 2. The van der Waals surface area contributed by atoms with Crippen LogP contribution >= 0.6 is 11.6 Å². The first-order valence-electron chi connectivity index (χ1n) is 6.03. The van der Waals surface area contributed by atoms with Crippen molar-refractivity contribution in [2.24, 2.45) is 0 Å². The Morgan fingerprint density at radius 1 is 1.63 bits per heavy atom. The maximum Gasteiger partial charge on any atom is 0.242 e. The van der Waals surface area contributed by atoms with Crippen molar-refractivity contribution >= 4 is 29.0 Å². The molecule has 1 aromatic rings. The van der Waals surface area contributed by atoms with E-state index in [-0.39, 0.29) is 23.3 Å². The Balaban J connectivity index is 1.95. The van der Waals surface area contributed by atoms with Gasteiger partial charge in [0.1, 0.15) is 12.0 Å². The van der Waals surface area contributed by atoms with Crippen LogP contribution in [0.1, 0.15) is 12.8 Å². The predicted octanol–water partition coefficient (Wildman–Crippen LogP) is 1.30. The van der Waals surface area contributed by atoms with Gasteiger partial charge >= 0.3 is 0 Å². The van der Waals surface area contributed by atoms with Crippen LogP contribution < -0.4 is 11.1 Å². The Bertz CT molecular complexity index is 489. The van der Waals surface area contributed by atoms with E-state index >= 15 is 0 Å². The molecule has 0 saturated heterocycles. The normalized spacial score (nSPS) is 13.9. The molecule has 102 valence electrons. The minimum Gasteiger partial charge on any atom is -0.393 e. The number of anilines is 2. The Morgan fingerprint density at radius 2 is 2.37 bits per heavy atom. The third kappa shape index (κ3) is 3.35. The number of carbonyl (C=O) groups excluding carboxylic acids is 1. The average molecular weight is 282 g/mol. The van der Waals surface area contributed by atoms with Crippen LogP contribution in [0, 0.1) is 0 Å². The molecule has 1 aliphatic rings. The molecule has 19 heavy (non-hydrogen) atoms. The van der Waals surface area contributed by atoms with Crippen molar-refractivity contribution in [2.75, 3.05) is 24.1 Å². The number of nitrogens with one attached hydrogen (secondary N) is 1. The van der Waals surface area contributed by atoms with Gasteiger partial charge in [-0.3, -0.25) is 4.79 Å². The third-order valence-electron chi connectivity index (χ3n) is 2.88. The first-order valence-corrected chi connectivity index (χ1v) is 6.41. The number of carbonyl (C=O) groups is 1. The summed E-state index contributed by atoms with van der Waals surface area (Å²) in [6.07, 6.45) is 5.14. The molecule has 2 rings (SSSR count). The van der Waals surface area contributed by atoms with Gasteiger partial charge in [-0.25, -0.2) is 9.97 Å². The number of nitrogens with zero attached hydrogens (tertiary/aromatic N) is 3. The second kappa shape index (κ2) is 5.88. The Hall–Kier alpha value is -1.82. The molecule has 0 spiro atoms. The van der Waals surface area contributed by atoms with Gasteiger partial charge in [-0.15, -0.1) is 6.58 Å². The van der Waals surface area contributed by atoms with Gasteiger partial charge in [0, 0.05) is 12.6 Å². The highest BCUT2D eigenvalue weighted by molar-refractivity contribution is 6.32. The maximum atomic E-state index is 12.1. The number of nitrogens with two attached hydrogens (primary N) is 1. The van der Waals surface area contributed by atoms with Gasteiger partial charge in [-0.1, -0.05) is 17.7 Å². The first kappa shape index (κ1) is 13.6. The summed E-state index contributed by atoms with van der Waals surface area (Å²) in [6.45, 7) is 4.35. The summed E-state index contributed by atoms with van der Waals surface area (Å²) >= 11 is 5.78. The Kier molecular flexibility index (Phi) is 4.21. The van der Waals surface area contributed by atoms with E-state index < -0.39 is 0 Å². The Labute approximate surface area is 116 Å². The van der Waals surface area contributed by atoms with Gasteiger partial charge < -0.3 is 16.0 Å².